The first kappa shape index (κ1) is 17.4. The fraction of sp³-hybridized carbons (Fsp3) is 0.625. The van der Waals surface area contributed by atoms with Gasteiger partial charge in [0.25, 0.3) is 11.9 Å². The van der Waals surface area contributed by atoms with Gasteiger partial charge < -0.3 is 19.5 Å². The summed E-state index contributed by atoms with van der Waals surface area (Å²) in [5, 5.41) is 11.2. The van der Waals surface area contributed by atoms with E-state index in [1.807, 2.05) is 34.9 Å². The van der Waals surface area contributed by atoms with Gasteiger partial charge in [0.2, 0.25) is 5.89 Å². The maximum absolute atomic E-state index is 12.8. The molecule has 0 bridgehead atoms. The Balaban J connectivity index is 1.79. The van der Waals surface area contributed by atoms with Crippen LogP contribution in [0.25, 0.3) is 0 Å². The SMILES string of the molecule is CCn1nc2c(c1C(=O)NCc1nc(N(C)C)no1)C[C@H](C)O[C@@H]2C. The molecule has 0 saturated carbocycles. The number of hydrogen-bond donors (Lipinski definition) is 1. The van der Waals surface area contributed by atoms with Gasteiger partial charge in [-0.1, -0.05) is 0 Å². The third-order valence-electron chi connectivity index (χ3n) is 4.17. The summed E-state index contributed by atoms with van der Waals surface area (Å²) < 4.78 is 12.7. The minimum atomic E-state index is -0.193. The fourth-order valence-electron chi connectivity index (χ4n) is 3.02. The highest BCUT2D eigenvalue weighted by molar-refractivity contribution is 5.94. The van der Waals surface area contributed by atoms with Gasteiger partial charge in [-0.2, -0.15) is 10.1 Å². The highest BCUT2D eigenvalue weighted by atomic mass is 16.5. The van der Waals surface area contributed by atoms with Gasteiger partial charge in [-0.15, -0.1) is 0 Å². The number of carbonyl (C=O) groups is 1. The molecule has 0 spiro atoms. The molecule has 2 aromatic heterocycles. The van der Waals surface area contributed by atoms with Crippen LogP contribution >= 0.6 is 0 Å². The number of anilines is 1. The van der Waals surface area contributed by atoms with Crippen molar-refractivity contribution < 1.29 is 14.1 Å². The molecular weight excluding hydrogens is 324 g/mol. The van der Waals surface area contributed by atoms with Crippen molar-refractivity contribution in [2.45, 2.75) is 52.5 Å². The van der Waals surface area contributed by atoms with E-state index >= 15 is 0 Å². The second-order valence-electron chi connectivity index (χ2n) is 6.39. The summed E-state index contributed by atoms with van der Waals surface area (Å²) in [6, 6.07) is 0. The van der Waals surface area contributed by atoms with Crippen LogP contribution in [0.4, 0.5) is 5.95 Å². The Morgan fingerprint density at radius 3 is 2.80 bits per heavy atom. The second kappa shape index (κ2) is 6.83. The van der Waals surface area contributed by atoms with Crippen LogP contribution in [0.5, 0.6) is 0 Å². The van der Waals surface area contributed by atoms with Crippen LogP contribution in [0.2, 0.25) is 0 Å². The Labute approximate surface area is 146 Å². The van der Waals surface area contributed by atoms with Crippen LogP contribution < -0.4 is 10.2 Å². The van der Waals surface area contributed by atoms with Gasteiger partial charge in [-0.3, -0.25) is 9.48 Å². The van der Waals surface area contributed by atoms with E-state index in [4.69, 9.17) is 9.26 Å². The molecule has 0 fully saturated rings. The van der Waals surface area contributed by atoms with Gasteiger partial charge in [0.15, 0.2) is 0 Å². The van der Waals surface area contributed by atoms with Gasteiger partial charge in [0, 0.05) is 32.6 Å². The third-order valence-corrected chi connectivity index (χ3v) is 4.17. The fourth-order valence-corrected chi connectivity index (χ4v) is 3.02. The van der Waals surface area contributed by atoms with Crippen molar-refractivity contribution in [3.63, 3.8) is 0 Å². The molecule has 3 rings (SSSR count). The Morgan fingerprint density at radius 1 is 1.40 bits per heavy atom. The maximum Gasteiger partial charge on any atom is 0.270 e. The zero-order valence-corrected chi connectivity index (χ0v) is 15.2. The molecular formula is C16H24N6O3. The normalized spacial score (nSPS) is 19.6. The molecule has 1 amide bonds. The number of hydrogen-bond acceptors (Lipinski definition) is 7. The van der Waals surface area contributed by atoms with Crippen LogP contribution in [-0.2, 0) is 24.2 Å². The molecule has 3 heterocycles. The Bertz CT molecular complexity index is 766. The van der Waals surface area contributed by atoms with Crippen molar-refractivity contribution in [2.75, 3.05) is 19.0 Å². The van der Waals surface area contributed by atoms with Crippen molar-refractivity contribution in [1.29, 1.82) is 0 Å². The molecule has 1 aliphatic heterocycles. The van der Waals surface area contributed by atoms with Gasteiger partial charge >= 0.3 is 0 Å². The molecule has 9 heteroatoms. The van der Waals surface area contributed by atoms with Crippen molar-refractivity contribution in [2.24, 2.45) is 0 Å². The predicted octanol–water partition coefficient (Wildman–Crippen LogP) is 1.30. The Kier molecular flexibility index (Phi) is 4.76. The minimum Gasteiger partial charge on any atom is -0.369 e. The number of fused-ring (bicyclic) bond motifs is 1. The van der Waals surface area contributed by atoms with Crippen LogP contribution in [0, 0.1) is 0 Å². The quantitative estimate of drug-likeness (QED) is 0.869. The van der Waals surface area contributed by atoms with E-state index in [9.17, 15) is 4.79 Å². The molecule has 136 valence electrons. The number of carbonyl (C=O) groups excluding carboxylic acids is 1. The van der Waals surface area contributed by atoms with Crippen LogP contribution in [0.3, 0.4) is 0 Å². The van der Waals surface area contributed by atoms with E-state index in [0.29, 0.717) is 30.5 Å². The molecule has 0 saturated heterocycles. The van der Waals surface area contributed by atoms with E-state index in [1.54, 1.807) is 9.58 Å². The van der Waals surface area contributed by atoms with E-state index in [0.717, 1.165) is 11.3 Å². The Hall–Kier alpha value is -2.42. The summed E-state index contributed by atoms with van der Waals surface area (Å²) in [6.07, 6.45) is 0.618. The highest BCUT2D eigenvalue weighted by Crippen LogP contribution is 2.31. The number of amides is 1. The molecule has 0 aromatic carbocycles. The standard InChI is InChI=1S/C16H24N6O3/c1-6-22-14(11-7-9(2)24-10(3)13(11)19-22)15(23)17-8-12-18-16(20-25-12)21(4)5/h9-10H,6-8H2,1-5H3,(H,17,23)/t9-,10+/m0/s1. The lowest BCUT2D eigenvalue weighted by atomic mass is 9.99. The summed E-state index contributed by atoms with van der Waals surface area (Å²) in [6.45, 7) is 6.72. The van der Waals surface area contributed by atoms with Crippen LogP contribution in [0.1, 0.15) is 54.5 Å². The zero-order valence-electron chi connectivity index (χ0n) is 15.2. The third kappa shape index (κ3) is 3.37. The van der Waals surface area contributed by atoms with Gasteiger partial charge in [-0.25, -0.2) is 0 Å². The molecule has 0 aliphatic carbocycles. The summed E-state index contributed by atoms with van der Waals surface area (Å²) in [4.78, 5) is 18.7. The summed E-state index contributed by atoms with van der Waals surface area (Å²) >= 11 is 0. The number of aromatic nitrogens is 4. The molecule has 0 radical (unpaired) electrons. The molecule has 0 unspecified atom stereocenters. The molecule has 9 nitrogen and oxygen atoms in total. The van der Waals surface area contributed by atoms with E-state index in [1.165, 1.54) is 0 Å². The number of nitrogens with zero attached hydrogens (tertiary/aromatic N) is 5. The predicted molar refractivity (Wildman–Crippen MR) is 90.4 cm³/mol. The van der Waals surface area contributed by atoms with Crippen molar-refractivity contribution in [1.82, 2.24) is 25.2 Å². The minimum absolute atomic E-state index is 0.0575. The number of rotatable bonds is 5. The van der Waals surface area contributed by atoms with Crippen LogP contribution in [0.15, 0.2) is 4.52 Å². The Morgan fingerprint density at radius 2 is 2.16 bits per heavy atom. The van der Waals surface area contributed by atoms with Crippen molar-refractivity contribution >= 4 is 11.9 Å². The first-order chi connectivity index (χ1) is 11.9. The topological polar surface area (TPSA) is 98.3 Å². The highest BCUT2D eigenvalue weighted by Gasteiger charge is 2.31. The van der Waals surface area contributed by atoms with E-state index < -0.39 is 0 Å². The van der Waals surface area contributed by atoms with Crippen molar-refractivity contribution in [3.8, 4) is 0 Å². The summed E-state index contributed by atoms with van der Waals surface area (Å²) in [5.41, 5.74) is 2.40. The average molecular weight is 348 g/mol. The molecule has 2 atom stereocenters. The van der Waals surface area contributed by atoms with Crippen LogP contribution in [-0.4, -0.2) is 46.0 Å². The first-order valence-electron chi connectivity index (χ1n) is 8.43. The lowest BCUT2D eigenvalue weighted by Crippen LogP contribution is -2.29. The lowest BCUT2D eigenvalue weighted by molar-refractivity contribution is -0.00712. The number of ether oxygens (including phenoxy) is 1. The lowest BCUT2D eigenvalue weighted by Gasteiger charge is -2.24. The number of aryl methyl sites for hydroxylation is 1. The summed E-state index contributed by atoms with van der Waals surface area (Å²) in [5.74, 6) is 0.639. The van der Waals surface area contributed by atoms with Gasteiger partial charge in [0.1, 0.15) is 5.69 Å². The van der Waals surface area contributed by atoms with Gasteiger partial charge in [-0.05, 0) is 25.9 Å². The monoisotopic (exact) mass is 348 g/mol. The largest absolute Gasteiger partial charge is 0.369 e. The van der Waals surface area contributed by atoms with Gasteiger partial charge in [0.05, 0.1) is 24.4 Å². The number of nitrogens with one attached hydrogen (secondary N) is 1. The zero-order chi connectivity index (χ0) is 18.1. The first-order valence-corrected chi connectivity index (χ1v) is 8.43. The maximum atomic E-state index is 12.8. The van der Waals surface area contributed by atoms with E-state index in [-0.39, 0.29) is 24.7 Å². The summed E-state index contributed by atoms with van der Waals surface area (Å²) in [7, 11) is 3.65. The molecule has 1 N–H and O–H groups in total. The van der Waals surface area contributed by atoms with E-state index in [2.05, 4.69) is 20.6 Å². The van der Waals surface area contributed by atoms with Crippen molar-refractivity contribution in [3.05, 3.63) is 22.8 Å². The smallest absolute Gasteiger partial charge is 0.270 e. The molecule has 25 heavy (non-hydrogen) atoms. The molecule has 2 aromatic rings. The second-order valence-corrected chi connectivity index (χ2v) is 6.39. The molecule has 1 aliphatic rings. The average Bonchev–Trinajstić information content (AvgIpc) is 3.17.